The highest BCUT2D eigenvalue weighted by molar-refractivity contribution is 6.83. The van der Waals surface area contributed by atoms with Crippen LogP contribution >= 0.6 is 0 Å². The van der Waals surface area contributed by atoms with Gasteiger partial charge in [0.05, 0.1) is 26.2 Å². The molecule has 0 atom stereocenters. The van der Waals surface area contributed by atoms with Crippen molar-refractivity contribution in [3.05, 3.63) is 0 Å². The number of rotatable bonds is 6. The Kier molecular flexibility index (Phi) is 9.77. The van der Waals surface area contributed by atoms with Crippen molar-refractivity contribution in [3.63, 3.8) is 0 Å². The topological polar surface area (TPSA) is 9.23 Å². The van der Waals surface area contributed by atoms with Crippen LogP contribution in [0.4, 0.5) is 0 Å². The normalized spacial score (nSPS) is 13.0. The fourth-order valence-corrected chi connectivity index (χ4v) is 9.61. The van der Waals surface area contributed by atoms with Gasteiger partial charge in [-0.1, -0.05) is 0 Å². The van der Waals surface area contributed by atoms with E-state index < -0.39 is 16.6 Å². The Morgan fingerprint density at radius 1 is 0.611 bits per heavy atom. The molecule has 0 fully saturated rings. The summed E-state index contributed by atoms with van der Waals surface area (Å²) in [7, 11) is -2.46. The lowest BCUT2D eigenvalue weighted by Crippen LogP contribution is -2.47. The fraction of sp³-hybridized carbons (Fsp3) is 1.00. The average molecular weight is 293 g/mol. The summed E-state index contributed by atoms with van der Waals surface area (Å²) in [5.74, 6) is 0. The van der Waals surface area contributed by atoms with E-state index in [0.717, 1.165) is 0 Å². The van der Waals surface area contributed by atoms with Gasteiger partial charge < -0.3 is 8.60 Å². The van der Waals surface area contributed by atoms with Crippen LogP contribution in [0.2, 0.25) is 39.3 Å². The second-order valence-electron chi connectivity index (χ2n) is 6.93. The monoisotopic (exact) mass is 292 g/mol. The Balaban J connectivity index is 0. The summed E-state index contributed by atoms with van der Waals surface area (Å²) in [4.78, 5) is 0. The summed E-state index contributed by atoms with van der Waals surface area (Å²) in [5.41, 5.74) is 0. The van der Waals surface area contributed by atoms with Crippen LogP contribution in [0, 0.1) is 0 Å². The van der Waals surface area contributed by atoms with Crippen LogP contribution in [0.15, 0.2) is 0 Å². The lowest BCUT2D eigenvalue weighted by Gasteiger charge is -2.34. The molecule has 0 aliphatic heterocycles. The molecule has 2 nitrogen and oxygen atoms in total. The molecule has 0 amide bonds. The summed E-state index contributed by atoms with van der Waals surface area (Å²) in [6.45, 7) is 27.7. The molecule has 0 aliphatic rings. The Morgan fingerprint density at radius 2 is 0.833 bits per heavy atom. The van der Waals surface area contributed by atoms with E-state index in [2.05, 4.69) is 67.0 Å². The highest BCUT2D eigenvalue weighted by Crippen LogP contribution is 2.12. The average Bonchev–Trinajstić information content (AvgIpc) is 2.17. The van der Waals surface area contributed by atoms with Crippen molar-refractivity contribution in [3.8, 4) is 0 Å². The molecule has 0 N–H and O–H groups in total. The van der Waals surface area contributed by atoms with Crippen LogP contribution in [0.25, 0.3) is 0 Å². The van der Waals surface area contributed by atoms with Crippen LogP contribution in [0.1, 0.15) is 27.7 Å². The van der Waals surface area contributed by atoms with Crippen LogP contribution < -0.4 is 0 Å². The van der Waals surface area contributed by atoms with E-state index in [1.165, 1.54) is 30.7 Å². The predicted octanol–water partition coefficient (Wildman–Crippen LogP) is 4.56. The van der Waals surface area contributed by atoms with E-state index in [9.17, 15) is 0 Å². The van der Waals surface area contributed by atoms with Gasteiger partial charge in [0.1, 0.15) is 0 Å². The first-order valence-corrected chi connectivity index (χ1v) is 14.3. The molecule has 0 spiro atoms. The predicted molar refractivity (Wildman–Crippen MR) is 90.2 cm³/mol. The minimum atomic E-state index is -1.23. The van der Waals surface area contributed by atoms with Gasteiger partial charge in [-0.15, -0.1) is 0 Å². The Labute approximate surface area is 119 Å². The third-order valence-electron chi connectivity index (χ3n) is 3.30. The van der Waals surface area contributed by atoms with Gasteiger partial charge in [0, 0.05) is 0 Å². The van der Waals surface area contributed by atoms with Crippen LogP contribution in [0.5, 0.6) is 0 Å². The molecule has 0 rings (SSSR count). The molecule has 4 heteroatoms. The summed E-state index contributed by atoms with van der Waals surface area (Å²) < 4.78 is 7.18. The molecular formula is C14H38NOSi2+. The number of hydrogen-bond donors (Lipinski definition) is 0. The second kappa shape index (κ2) is 8.51. The highest BCUT2D eigenvalue weighted by atomic mass is 28.4. The van der Waals surface area contributed by atoms with Crippen LogP contribution in [0.3, 0.4) is 0 Å². The fourth-order valence-electron chi connectivity index (χ4n) is 2.26. The lowest BCUT2D eigenvalue weighted by molar-refractivity contribution is -0.921. The van der Waals surface area contributed by atoms with Gasteiger partial charge in [-0.3, -0.25) is 0 Å². The minimum absolute atomic E-state index is 1.23. The largest absolute Gasteiger partial charge is 0.456 e. The molecule has 0 aromatic rings. The third-order valence-corrected chi connectivity index (χ3v) is 8.19. The van der Waals surface area contributed by atoms with E-state index in [-0.39, 0.29) is 0 Å². The van der Waals surface area contributed by atoms with E-state index >= 15 is 0 Å². The lowest BCUT2D eigenvalue weighted by atomic mass is 10.3. The molecule has 0 heterocycles. The first kappa shape index (κ1) is 20.7. The van der Waals surface area contributed by atoms with Gasteiger partial charge in [0.2, 0.25) is 0 Å². The zero-order valence-corrected chi connectivity index (χ0v) is 16.7. The molecule has 112 valence electrons. The van der Waals surface area contributed by atoms with Crippen molar-refractivity contribution in [2.75, 3.05) is 26.2 Å². The summed E-state index contributed by atoms with van der Waals surface area (Å²) in [5, 5.41) is 0. The van der Waals surface area contributed by atoms with Crippen LogP contribution in [-0.2, 0) is 4.12 Å². The molecule has 18 heavy (non-hydrogen) atoms. The van der Waals surface area contributed by atoms with Crippen molar-refractivity contribution in [1.29, 1.82) is 0 Å². The van der Waals surface area contributed by atoms with Crippen molar-refractivity contribution < 1.29 is 8.60 Å². The van der Waals surface area contributed by atoms with Gasteiger partial charge in [-0.2, -0.15) is 0 Å². The molecule has 0 radical (unpaired) electrons. The van der Waals surface area contributed by atoms with E-state index in [4.69, 9.17) is 4.12 Å². The molecule has 0 bridgehead atoms. The van der Waals surface area contributed by atoms with Gasteiger partial charge in [-0.05, 0) is 67.0 Å². The molecule has 0 unspecified atom stereocenters. The van der Waals surface area contributed by atoms with Gasteiger partial charge >= 0.3 is 0 Å². The Hall–Kier alpha value is 0.354. The van der Waals surface area contributed by atoms with Gasteiger partial charge in [0.15, 0.2) is 16.6 Å². The number of quaternary nitrogens is 1. The van der Waals surface area contributed by atoms with Gasteiger partial charge in [0.25, 0.3) is 0 Å². The molecule has 0 aromatic heterocycles. The standard InChI is InChI=1S/C8H20N.C6H18OSi2/c1-5-9(6-2,7-3)8-4;1-8(2,3)7-9(4,5)6/h5-8H2,1-4H3;1-6H3/q+1;. The van der Waals surface area contributed by atoms with Crippen molar-refractivity contribution in [2.24, 2.45) is 0 Å². The maximum Gasteiger partial charge on any atom is 0.170 e. The smallest absolute Gasteiger partial charge is 0.170 e. The van der Waals surface area contributed by atoms with Crippen molar-refractivity contribution in [2.45, 2.75) is 67.0 Å². The molecule has 0 saturated carbocycles. The Bertz CT molecular complexity index is 173. The summed E-state index contributed by atoms with van der Waals surface area (Å²) in [6.07, 6.45) is 0. The first-order valence-electron chi connectivity index (χ1n) is 7.50. The highest BCUT2D eigenvalue weighted by Gasteiger charge is 2.24. The number of nitrogens with zero attached hydrogens (tertiary/aromatic N) is 1. The summed E-state index contributed by atoms with van der Waals surface area (Å²) >= 11 is 0. The van der Waals surface area contributed by atoms with E-state index in [1.54, 1.807) is 0 Å². The quantitative estimate of drug-likeness (QED) is 0.515. The van der Waals surface area contributed by atoms with E-state index in [0.29, 0.717) is 0 Å². The van der Waals surface area contributed by atoms with Crippen LogP contribution in [-0.4, -0.2) is 47.3 Å². The summed E-state index contributed by atoms with van der Waals surface area (Å²) in [6, 6.07) is 0. The maximum atomic E-state index is 5.90. The second-order valence-corrected chi connectivity index (χ2v) is 16.2. The molecule has 0 aromatic carbocycles. The van der Waals surface area contributed by atoms with Crippen molar-refractivity contribution >= 4 is 16.6 Å². The Morgan fingerprint density at radius 3 is 0.833 bits per heavy atom. The zero-order chi connectivity index (χ0) is 15.0. The molecule has 0 saturated heterocycles. The molecular weight excluding hydrogens is 254 g/mol. The maximum absolute atomic E-state index is 5.90. The SMILES string of the molecule is CC[N+](CC)(CC)CC.C[Si](C)(C)O[Si](C)(C)C. The minimum Gasteiger partial charge on any atom is -0.456 e. The zero-order valence-electron chi connectivity index (χ0n) is 14.7. The van der Waals surface area contributed by atoms with Gasteiger partial charge in [-0.25, -0.2) is 0 Å². The third kappa shape index (κ3) is 11.4. The molecule has 0 aliphatic carbocycles. The van der Waals surface area contributed by atoms with Crippen molar-refractivity contribution in [1.82, 2.24) is 0 Å². The van der Waals surface area contributed by atoms with E-state index in [1.807, 2.05) is 0 Å². The number of hydrogen-bond acceptors (Lipinski definition) is 1. The first-order chi connectivity index (χ1) is 7.95.